The highest BCUT2D eigenvalue weighted by atomic mass is 16.5. The SMILES string of the molecule is CCCCCC(C)Nc1cc(Oc2c(OC)cc3cc(C#N)ccc3c2OC)nc(Nc2ccc(C#N)cc2)n1. The zero-order valence-corrected chi connectivity index (χ0v) is 23.1. The lowest BCUT2D eigenvalue weighted by Gasteiger charge is -2.18. The fourth-order valence-electron chi connectivity index (χ4n) is 4.34. The Morgan fingerprint density at radius 3 is 2.30 bits per heavy atom. The van der Waals surface area contributed by atoms with E-state index in [-0.39, 0.29) is 11.9 Å². The molecule has 9 nitrogen and oxygen atoms in total. The fourth-order valence-corrected chi connectivity index (χ4v) is 4.34. The molecule has 0 fully saturated rings. The number of unbranched alkanes of at least 4 members (excludes halogenated alkanes) is 2. The number of aromatic nitrogens is 2. The van der Waals surface area contributed by atoms with Crippen LogP contribution in [0.2, 0.25) is 0 Å². The van der Waals surface area contributed by atoms with E-state index in [0.717, 1.165) is 35.7 Å². The second-order valence-electron chi connectivity index (χ2n) is 9.36. The summed E-state index contributed by atoms with van der Waals surface area (Å²) in [5.41, 5.74) is 1.82. The highest BCUT2D eigenvalue weighted by Crippen LogP contribution is 2.45. The topological polar surface area (TPSA) is 125 Å². The van der Waals surface area contributed by atoms with Crippen LogP contribution in [0.15, 0.2) is 54.6 Å². The summed E-state index contributed by atoms with van der Waals surface area (Å²) >= 11 is 0. The van der Waals surface area contributed by atoms with E-state index in [2.05, 4.69) is 46.6 Å². The molecule has 0 saturated carbocycles. The average molecular weight is 537 g/mol. The number of nitrogens with one attached hydrogen (secondary N) is 2. The van der Waals surface area contributed by atoms with Gasteiger partial charge in [0.1, 0.15) is 5.82 Å². The molecule has 1 heterocycles. The molecule has 1 aromatic heterocycles. The van der Waals surface area contributed by atoms with Gasteiger partial charge in [-0.2, -0.15) is 20.5 Å². The van der Waals surface area contributed by atoms with Gasteiger partial charge in [-0.15, -0.1) is 0 Å². The fraction of sp³-hybridized carbons (Fsp3) is 0.290. The summed E-state index contributed by atoms with van der Waals surface area (Å²) in [6.07, 6.45) is 4.45. The normalized spacial score (nSPS) is 11.2. The maximum atomic E-state index is 9.33. The molecule has 4 aromatic rings. The molecular formula is C31H32N6O3. The first-order valence-corrected chi connectivity index (χ1v) is 13.2. The van der Waals surface area contributed by atoms with E-state index in [1.54, 1.807) is 62.8 Å². The third-order valence-corrected chi connectivity index (χ3v) is 6.38. The minimum absolute atomic E-state index is 0.191. The van der Waals surface area contributed by atoms with Crippen molar-refractivity contribution < 1.29 is 14.2 Å². The van der Waals surface area contributed by atoms with Gasteiger partial charge in [0, 0.05) is 23.2 Å². The van der Waals surface area contributed by atoms with Crippen molar-refractivity contribution in [2.75, 3.05) is 24.9 Å². The third-order valence-electron chi connectivity index (χ3n) is 6.38. The van der Waals surface area contributed by atoms with Crippen molar-refractivity contribution >= 4 is 28.2 Å². The maximum Gasteiger partial charge on any atom is 0.232 e. The molecule has 0 saturated heterocycles. The van der Waals surface area contributed by atoms with Crippen molar-refractivity contribution in [1.82, 2.24) is 9.97 Å². The molecular weight excluding hydrogens is 504 g/mol. The Morgan fingerprint density at radius 1 is 0.875 bits per heavy atom. The molecule has 1 unspecified atom stereocenters. The summed E-state index contributed by atoms with van der Waals surface area (Å²) < 4.78 is 17.7. The van der Waals surface area contributed by atoms with E-state index >= 15 is 0 Å². The van der Waals surface area contributed by atoms with Gasteiger partial charge in [0.25, 0.3) is 0 Å². The van der Waals surface area contributed by atoms with Crippen LogP contribution >= 0.6 is 0 Å². The van der Waals surface area contributed by atoms with Crippen molar-refractivity contribution in [1.29, 1.82) is 10.5 Å². The van der Waals surface area contributed by atoms with Gasteiger partial charge in [-0.05, 0) is 67.3 Å². The van der Waals surface area contributed by atoms with Crippen LogP contribution in [0.5, 0.6) is 23.1 Å². The number of ether oxygens (including phenoxy) is 3. The van der Waals surface area contributed by atoms with Gasteiger partial charge >= 0.3 is 0 Å². The largest absolute Gasteiger partial charge is 0.493 e. The molecule has 0 aliphatic rings. The van der Waals surface area contributed by atoms with Crippen LogP contribution in [-0.2, 0) is 0 Å². The number of fused-ring (bicyclic) bond motifs is 1. The van der Waals surface area contributed by atoms with Gasteiger partial charge in [-0.25, -0.2) is 0 Å². The number of rotatable bonds is 12. The molecule has 0 aliphatic carbocycles. The Morgan fingerprint density at radius 2 is 1.62 bits per heavy atom. The first kappa shape index (κ1) is 28.0. The van der Waals surface area contributed by atoms with Crippen LogP contribution in [0, 0.1) is 22.7 Å². The molecule has 0 amide bonds. The first-order valence-electron chi connectivity index (χ1n) is 13.2. The highest BCUT2D eigenvalue weighted by Gasteiger charge is 2.20. The van der Waals surface area contributed by atoms with Gasteiger partial charge in [-0.3, -0.25) is 0 Å². The van der Waals surface area contributed by atoms with Crippen molar-refractivity contribution in [2.24, 2.45) is 0 Å². The smallest absolute Gasteiger partial charge is 0.232 e. The Hall–Kier alpha value is -5.02. The summed E-state index contributed by atoms with van der Waals surface area (Å²) in [4.78, 5) is 9.27. The van der Waals surface area contributed by atoms with Gasteiger partial charge in [0.05, 0.1) is 37.5 Å². The monoisotopic (exact) mass is 536 g/mol. The van der Waals surface area contributed by atoms with E-state index in [1.807, 2.05) is 6.07 Å². The summed E-state index contributed by atoms with van der Waals surface area (Å²) in [5, 5.41) is 26.7. The van der Waals surface area contributed by atoms with E-state index in [9.17, 15) is 5.26 Å². The molecule has 3 aromatic carbocycles. The molecule has 1 atom stereocenters. The zero-order valence-electron chi connectivity index (χ0n) is 23.1. The summed E-state index contributed by atoms with van der Waals surface area (Å²) in [6, 6.07) is 20.4. The van der Waals surface area contributed by atoms with Crippen LogP contribution in [0.25, 0.3) is 10.8 Å². The van der Waals surface area contributed by atoms with Gasteiger partial charge in [0.15, 0.2) is 11.5 Å². The van der Waals surface area contributed by atoms with Crippen LogP contribution in [0.4, 0.5) is 17.5 Å². The molecule has 2 N–H and O–H groups in total. The first-order chi connectivity index (χ1) is 19.5. The van der Waals surface area contributed by atoms with Crippen LogP contribution in [0.3, 0.4) is 0 Å². The number of methoxy groups -OCH3 is 2. The van der Waals surface area contributed by atoms with Crippen molar-refractivity contribution in [3.8, 4) is 35.3 Å². The molecule has 0 bridgehead atoms. The lowest BCUT2D eigenvalue weighted by Crippen LogP contribution is -2.16. The molecule has 40 heavy (non-hydrogen) atoms. The van der Waals surface area contributed by atoms with Crippen molar-refractivity contribution in [3.63, 3.8) is 0 Å². The lowest BCUT2D eigenvalue weighted by molar-refractivity contribution is 0.345. The second kappa shape index (κ2) is 13.2. The number of hydrogen-bond donors (Lipinski definition) is 2. The molecule has 0 aliphatic heterocycles. The Balaban J connectivity index is 1.73. The predicted molar refractivity (Wildman–Crippen MR) is 156 cm³/mol. The molecule has 204 valence electrons. The minimum Gasteiger partial charge on any atom is -0.493 e. The number of nitrogens with zero attached hydrogens (tertiary/aromatic N) is 4. The Labute approximate surface area is 234 Å². The van der Waals surface area contributed by atoms with E-state index in [4.69, 9.17) is 19.5 Å². The number of hydrogen-bond acceptors (Lipinski definition) is 9. The van der Waals surface area contributed by atoms with Crippen LogP contribution in [-0.4, -0.2) is 30.2 Å². The minimum atomic E-state index is 0.191. The second-order valence-corrected chi connectivity index (χ2v) is 9.36. The highest BCUT2D eigenvalue weighted by molar-refractivity contribution is 5.94. The molecule has 0 radical (unpaired) electrons. The van der Waals surface area contributed by atoms with E-state index < -0.39 is 0 Å². The standard InChI is InChI=1S/C31H32N6O3/c1-5-6-7-8-20(2)34-27-17-28(37-31(36-27)35-24-12-9-21(18-32)10-13-24)40-30-26(38-3)16-23-15-22(19-33)11-14-25(23)29(30)39-4/h9-17,20H,5-8H2,1-4H3,(H2,34,35,36,37). The van der Waals surface area contributed by atoms with E-state index in [0.29, 0.717) is 40.1 Å². The van der Waals surface area contributed by atoms with Crippen molar-refractivity contribution in [3.05, 3.63) is 65.7 Å². The average Bonchev–Trinajstić information content (AvgIpc) is 2.97. The summed E-state index contributed by atoms with van der Waals surface area (Å²) in [5.74, 6) is 2.44. The number of nitriles is 2. The van der Waals surface area contributed by atoms with E-state index in [1.165, 1.54) is 6.42 Å². The van der Waals surface area contributed by atoms with Crippen LogP contribution < -0.4 is 24.8 Å². The Kier molecular flexibility index (Phi) is 9.22. The van der Waals surface area contributed by atoms with Crippen LogP contribution in [0.1, 0.15) is 50.7 Å². The van der Waals surface area contributed by atoms with Gasteiger partial charge < -0.3 is 24.8 Å². The maximum absolute atomic E-state index is 9.33. The van der Waals surface area contributed by atoms with Gasteiger partial charge in [0.2, 0.25) is 17.6 Å². The molecule has 9 heteroatoms. The summed E-state index contributed by atoms with van der Waals surface area (Å²) in [6.45, 7) is 4.31. The molecule has 0 spiro atoms. The van der Waals surface area contributed by atoms with Gasteiger partial charge in [-0.1, -0.05) is 26.2 Å². The Bertz CT molecular complexity index is 1560. The summed E-state index contributed by atoms with van der Waals surface area (Å²) in [7, 11) is 3.10. The quantitative estimate of drug-likeness (QED) is 0.179. The number of benzene rings is 3. The van der Waals surface area contributed by atoms with Crippen molar-refractivity contribution in [2.45, 2.75) is 45.6 Å². The lowest BCUT2D eigenvalue weighted by atomic mass is 10.1. The zero-order chi connectivity index (χ0) is 28.5. The molecule has 4 rings (SSSR count). The number of anilines is 3. The predicted octanol–water partition coefficient (Wildman–Crippen LogP) is 7.31. The third kappa shape index (κ3) is 6.69.